The average molecular weight is 289 g/mol. The third-order valence-electron chi connectivity index (χ3n) is 2.05. The highest BCUT2D eigenvalue weighted by atomic mass is 127. The molecule has 0 aromatic carbocycles. The molecule has 2 rings (SSSR count). The van der Waals surface area contributed by atoms with Gasteiger partial charge in [0.05, 0.1) is 3.57 Å². The molecule has 3 nitrogen and oxygen atoms in total. The van der Waals surface area contributed by atoms with Crippen LogP contribution in [0.15, 0.2) is 6.20 Å². The van der Waals surface area contributed by atoms with Gasteiger partial charge in [0.1, 0.15) is 11.6 Å². The van der Waals surface area contributed by atoms with Crippen molar-refractivity contribution in [1.29, 1.82) is 0 Å². The zero-order valence-electron chi connectivity index (χ0n) is 7.55. The lowest BCUT2D eigenvalue weighted by Crippen LogP contribution is -2.04. The molecule has 1 aliphatic carbocycles. The number of anilines is 1. The molecule has 1 heterocycles. The SMILES string of the molecule is CCNc1nc(C2CC2)ncc1I. The van der Waals surface area contributed by atoms with E-state index in [1.165, 1.54) is 12.8 Å². The molecule has 0 amide bonds. The van der Waals surface area contributed by atoms with Gasteiger partial charge in [-0.2, -0.15) is 0 Å². The Balaban J connectivity index is 2.25. The molecule has 0 radical (unpaired) electrons. The van der Waals surface area contributed by atoms with Crippen LogP contribution in [0, 0.1) is 3.57 Å². The fourth-order valence-electron chi connectivity index (χ4n) is 1.21. The van der Waals surface area contributed by atoms with Gasteiger partial charge < -0.3 is 5.32 Å². The quantitative estimate of drug-likeness (QED) is 0.868. The highest BCUT2D eigenvalue weighted by Gasteiger charge is 2.26. The first kappa shape index (κ1) is 9.18. The maximum Gasteiger partial charge on any atom is 0.143 e. The summed E-state index contributed by atoms with van der Waals surface area (Å²) < 4.78 is 1.10. The maximum absolute atomic E-state index is 4.49. The Labute approximate surface area is 91.5 Å². The van der Waals surface area contributed by atoms with Crippen molar-refractivity contribution in [3.8, 4) is 0 Å². The van der Waals surface area contributed by atoms with E-state index in [9.17, 15) is 0 Å². The number of halogens is 1. The molecule has 0 saturated heterocycles. The minimum absolute atomic E-state index is 0.634. The average Bonchev–Trinajstić information content (AvgIpc) is 2.92. The predicted octanol–water partition coefficient (Wildman–Crippen LogP) is 2.39. The number of aromatic nitrogens is 2. The predicted molar refractivity (Wildman–Crippen MR) is 60.9 cm³/mol. The van der Waals surface area contributed by atoms with E-state index in [2.05, 4.69) is 44.8 Å². The van der Waals surface area contributed by atoms with E-state index in [0.29, 0.717) is 5.92 Å². The van der Waals surface area contributed by atoms with Crippen LogP contribution in [0.3, 0.4) is 0 Å². The van der Waals surface area contributed by atoms with Gasteiger partial charge >= 0.3 is 0 Å². The highest BCUT2D eigenvalue weighted by Crippen LogP contribution is 2.38. The first-order chi connectivity index (χ1) is 6.31. The van der Waals surface area contributed by atoms with Gasteiger partial charge in [0, 0.05) is 18.7 Å². The van der Waals surface area contributed by atoms with Crippen LogP contribution in [0.4, 0.5) is 5.82 Å². The number of rotatable bonds is 3. The molecule has 1 aliphatic rings. The molecule has 1 fully saturated rings. The van der Waals surface area contributed by atoms with Crippen LogP contribution in [0.5, 0.6) is 0 Å². The molecule has 1 aromatic rings. The zero-order valence-corrected chi connectivity index (χ0v) is 9.71. The number of nitrogens with zero attached hydrogens (tertiary/aromatic N) is 2. The van der Waals surface area contributed by atoms with E-state index in [0.717, 1.165) is 21.8 Å². The van der Waals surface area contributed by atoms with E-state index in [1.807, 2.05) is 6.20 Å². The Kier molecular flexibility index (Phi) is 2.66. The van der Waals surface area contributed by atoms with Crippen LogP contribution in [-0.4, -0.2) is 16.5 Å². The molecule has 0 aliphatic heterocycles. The second kappa shape index (κ2) is 3.77. The van der Waals surface area contributed by atoms with Gasteiger partial charge in [-0.15, -0.1) is 0 Å². The van der Waals surface area contributed by atoms with Crippen LogP contribution in [0.1, 0.15) is 31.5 Å². The summed E-state index contributed by atoms with van der Waals surface area (Å²) in [6.07, 6.45) is 4.41. The highest BCUT2D eigenvalue weighted by molar-refractivity contribution is 14.1. The molecular formula is C9H12IN3. The summed E-state index contributed by atoms with van der Waals surface area (Å²) in [6.45, 7) is 2.99. The Morgan fingerprint density at radius 3 is 3.00 bits per heavy atom. The van der Waals surface area contributed by atoms with Gasteiger partial charge in [0.15, 0.2) is 0 Å². The fourth-order valence-corrected chi connectivity index (χ4v) is 1.66. The molecule has 0 unspecified atom stereocenters. The molecule has 1 saturated carbocycles. The maximum atomic E-state index is 4.49. The first-order valence-electron chi connectivity index (χ1n) is 4.57. The Bertz CT molecular complexity index is 310. The molecular weight excluding hydrogens is 277 g/mol. The summed E-state index contributed by atoms with van der Waals surface area (Å²) in [7, 11) is 0. The Morgan fingerprint density at radius 1 is 1.62 bits per heavy atom. The van der Waals surface area contributed by atoms with E-state index in [1.54, 1.807) is 0 Å². The summed E-state index contributed by atoms with van der Waals surface area (Å²) in [6, 6.07) is 0. The van der Waals surface area contributed by atoms with E-state index < -0.39 is 0 Å². The Hall–Kier alpha value is -0.390. The number of hydrogen-bond donors (Lipinski definition) is 1. The van der Waals surface area contributed by atoms with Crippen molar-refractivity contribution in [1.82, 2.24) is 9.97 Å². The van der Waals surface area contributed by atoms with E-state index in [4.69, 9.17) is 0 Å². The van der Waals surface area contributed by atoms with Crippen LogP contribution >= 0.6 is 22.6 Å². The zero-order chi connectivity index (χ0) is 9.26. The van der Waals surface area contributed by atoms with Crippen molar-refractivity contribution in [3.63, 3.8) is 0 Å². The lowest BCUT2D eigenvalue weighted by atomic mass is 10.4. The summed E-state index contributed by atoms with van der Waals surface area (Å²) >= 11 is 2.26. The second-order valence-corrected chi connectivity index (χ2v) is 4.39. The molecule has 4 heteroatoms. The standard InChI is InChI=1S/C9H12IN3/c1-2-11-9-7(10)5-12-8(13-9)6-3-4-6/h5-6H,2-4H2,1H3,(H,11,12,13). The lowest BCUT2D eigenvalue weighted by Gasteiger charge is -2.05. The first-order valence-corrected chi connectivity index (χ1v) is 5.65. The van der Waals surface area contributed by atoms with Gasteiger partial charge in [-0.05, 0) is 42.4 Å². The summed E-state index contributed by atoms with van der Waals surface area (Å²) in [5, 5.41) is 3.24. The topological polar surface area (TPSA) is 37.8 Å². The smallest absolute Gasteiger partial charge is 0.143 e. The van der Waals surface area contributed by atoms with Crippen LogP contribution in [0.25, 0.3) is 0 Å². The molecule has 0 spiro atoms. The van der Waals surface area contributed by atoms with Crippen molar-refractivity contribution in [2.45, 2.75) is 25.7 Å². The van der Waals surface area contributed by atoms with Crippen molar-refractivity contribution in [3.05, 3.63) is 15.6 Å². The summed E-state index contributed by atoms with van der Waals surface area (Å²) in [4.78, 5) is 8.82. The molecule has 13 heavy (non-hydrogen) atoms. The molecule has 70 valence electrons. The van der Waals surface area contributed by atoms with Crippen LogP contribution < -0.4 is 5.32 Å². The Morgan fingerprint density at radius 2 is 2.38 bits per heavy atom. The van der Waals surface area contributed by atoms with Gasteiger partial charge in [0.2, 0.25) is 0 Å². The van der Waals surface area contributed by atoms with Crippen LogP contribution in [-0.2, 0) is 0 Å². The molecule has 1 aromatic heterocycles. The van der Waals surface area contributed by atoms with Crippen molar-refractivity contribution < 1.29 is 0 Å². The summed E-state index contributed by atoms with van der Waals surface area (Å²) in [5.41, 5.74) is 0. The molecule has 0 bridgehead atoms. The minimum Gasteiger partial charge on any atom is -0.369 e. The largest absolute Gasteiger partial charge is 0.369 e. The lowest BCUT2D eigenvalue weighted by molar-refractivity contribution is 0.918. The monoisotopic (exact) mass is 289 g/mol. The van der Waals surface area contributed by atoms with E-state index in [-0.39, 0.29) is 0 Å². The van der Waals surface area contributed by atoms with Crippen LogP contribution in [0.2, 0.25) is 0 Å². The third kappa shape index (κ3) is 2.10. The summed E-state index contributed by atoms with van der Waals surface area (Å²) in [5.74, 6) is 2.63. The normalized spacial score (nSPS) is 15.8. The van der Waals surface area contributed by atoms with E-state index >= 15 is 0 Å². The van der Waals surface area contributed by atoms with Gasteiger partial charge in [-0.25, -0.2) is 9.97 Å². The van der Waals surface area contributed by atoms with Gasteiger partial charge in [-0.1, -0.05) is 0 Å². The van der Waals surface area contributed by atoms with Gasteiger partial charge in [0.25, 0.3) is 0 Å². The second-order valence-electron chi connectivity index (χ2n) is 3.23. The number of hydrogen-bond acceptors (Lipinski definition) is 3. The van der Waals surface area contributed by atoms with Crippen molar-refractivity contribution >= 4 is 28.4 Å². The molecule has 1 N–H and O–H groups in total. The molecule has 0 atom stereocenters. The minimum atomic E-state index is 0.634. The van der Waals surface area contributed by atoms with Crippen molar-refractivity contribution in [2.75, 3.05) is 11.9 Å². The fraction of sp³-hybridized carbons (Fsp3) is 0.556. The van der Waals surface area contributed by atoms with Gasteiger partial charge in [-0.3, -0.25) is 0 Å². The van der Waals surface area contributed by atoms with Crippen molar-refractivity contribution in [2.24, 2.45) is 0 Å². The third-order valence-corrected chi connectivity index (χ3v) is 2.84. The number of nitrogens with one attached hydrogen (secondary N) is 1.